The smallest absolute Gasteiger partial charge is 0.379 e. The normalized spacial score (nSPS) is 9.78. The predicted octanol–water partition coefficient (Wildman–Crippen LogP) is 2.10. The Morgan fingerprint density at radius 1 is 1.22 bits per heavy atom. The summed E-state index contributed by atoms with van der Waals surface area (Å²) >= 11 is 5.93. The van der Waals surface area contributed by atoms with Gasteiger partial charge < -0.3 is 14.2 Å². The fraction of sp³-hybridized carbons (Fsp3) is 0.333. The minimum absolute atomic E-state index is 0.0936. The van der Waals surface area contributed by atoms with Crippen LogP contribution in [0, 0.1) is 0 Å². The fourth-order valence-electron chi connectivity index (χ4n) is 1.36. The summed E-state index contributed by atoms with van der Waals surface area (Å²) in [7, 11) is 2.84. The van der Waals surface area contributed by atoms with E-state index in [1.54, 1.807) is 6.92 Å². The molecule has 0 saturated heterocycles. The highest BCUT2D eigenvalue weighted by Gasteiger charge is 2.21. The van der Waals surface area contributed by atoms with Gasteiger partial charge >= 0.3 is 5.97 Å². The van der Waals surface area contributed by atoms with Crippen molar-refractivity contribution < 1.29 is 23.8 Å². The molecular formula is C12H13ClO5. The van der Waals surface area contributed by atoms with E-state index >= 15 is 0 Å². The van der Waals surface area contributed by atoms with Crippen molar-refractivity contribution in [3.05, 3.63) is 22.7 Å². The van der Waals surface area contributed by atoms with Crippen LogP contribution in [0.4, 0.5) is 0 Å². The Bertz CT molecular complexity index is 470. The molecule has 0 bridgehead atoms. The number of hydrogen-bond acceptors (Lipinski definition) is 5. The molecule has 0 amide bonds. The molecule has 5 nitrogen and oxygen atoms in total. The van der Waals surface area contributed by atoms with Crippen molar-refractivity contribution >= 4 is 23.4 Å². The van der Waals surface area contributed by atoms with Gasteiger partial charge in [0.1, 0.15) is 0 Å². The Morgan fingerprint density at radius 3 is 2.39 bits per heavy atom. The summed E-state index contributed by atoms with van der Waals surface area (Å²) in [6, 6.07) is 2.71. The van der Waals surface area contributed by atoms with Gasteiger partial charge in [-0.1, -0.05) is 11.6 Å². The van der Waals surface area contributed by atoms with Crippen molar-refractivity contribution in [1.29, 1.82) is 0 Å². The number of halogens is 1. The van der Waals surface area contributed by atoms with Crippen LogP contribution >= 0.6 is 11.6 Å². The highest BCUT2D eigenvalue weighted by atomic mass is 35.5. The molecule has 0 atom stereocenters. The van der Waals surface area contributed by atoms with Crippen LogP contribution in [0.25, 0.3) is 0 Å². The molecule has 0 aromatic heterocycles. The van der Waals surface area contributed by atoms with Gasteiger partial charge in [0, 0.05) is 5.56 Å². The first-order valence-electron chi connectivity index (χ1n) is 5.18. The van der Waals surface area contributed by atoms with Gasteiger partial charge in [-0.3, -0.25) is 4.79 Å². The highest BCUT2D eigenvalue weighted by molar-refractivity contribution is 6.41. The molecule has 0 spiro atoms. The van der Waals surface area contributed by atoms with Gasteiger partial charge in [0.15, 0.2) is 11.5 Å². The maximum absolute atomic E-state index is 11.7. The molecule has 0 N–H and O–H groups in total. The van der Waals surface area contributed by atoms with Crippen molar-refractivity contribution in [3.63, 3.8) is 0 Å². The molecule has 0 saturated carbocycles. The number of methoxy groups -OCH3 is 2. The third-order valence-corrected chi connectivity index (χ3v) is 2.44. The second kappa shape index (κ2) is 6.26. The standard InChI is InChI=1S/C12H13ClO5/c1-4-18-12(15)10(14)7-5-8(13)11(17-3)9(6-7)16-2/h5-6H,4H2,1-3H3. The lowest BCUT2D eigenvalue weighted by Gasteiger charge is -2.10. The largest absolute Gasteiger partial charge is 0.493 e. The fourth-order valence-corrected chi connectivity index (χ4v) is 1.65. The number of ketones is 1. The molecule has 1 aromatic carbocycles. The molecule has 0 unspecified atom stereocenters. The first-order chi connectivity index (χ1) is 8.54. The third kappa shape index (κ3) is 2.92. The van der Waals surface area contributed by atoms with Crippen LogP contribution in [-0.2, 0) is 9.53 Å². The number of ether oxygens (including phenoxy) is 3. The van der Waals surface area contributed by atoms with E-state index in [-0.39, 0.29) is 22.9 Å². The number of carbonyl (C=O) groups excluding carboxylic acids is 2. The highest BCUT2D eigenvalue weighted by Crippen LogP contribution is 2.36. The maximum atomic E-state index is 11.7. The molecule has 0 aliphatic carbocycles. The van der Waals surface area contributed by atoms with Gasteiger partial charge in [-0.2, -0.15) is 0 Å². The van der Waals surface area contributed by atoms with Crippen molar-refractivity contribution in [2.24, 2.45) is 0 Å². The van der Waals surface area contributed by atoms with Crippen LogP contribution in [-0.4, -0.2) is 32.6 Å². The van der Waals surface area contributed by atoms with Crippen LogP contribution < -0.4 is 9.47 Å². The number of Topliss-reactive ketones (excluding diaryl/α,β-unsaturated/α-hetero) is 1. The summed E-state index contributed by atoms with van der Waals surface area (Å²) < 4.78 is 14.7. The number of esters is 1. The summed E-state index contributed by atoms with van der Waals surface area (Å²) in [5, 5.41) is 0.185. The van der Waals surface area contributed by atoms with Crippen LogP contribution in [0.1, 0.15) is 17.3 Å². The molecule has 0 fully saturated rings. The molecular weight excluding hydrogens is 260 g/mol. The lowest BCUT2D eigenvalue weighted by atomic mass is 10.1. The topological polar surface area (TPSA) is 61.8 Å². The van der Waals surface area contributed by atoms with Gasteiger partial charge in [0.25, 0.3) is 5.78 Å². The zero-order chi connectivity index (χ0) is 13.7. The zero-order valence-corrected chi connectivity index (χ0v) is 11.0. The zero-order valence-electron chi connectivity index (χ0n) is 10.3. The van der Waals surface area contributed by atoms with Gasteiger partial charge in [0.05, 0.1) is 25.8 Å². The Kier molecular flexibility index (Phi) is 4.97. The van der Waals surface area contributed by atoms with Crippen LogP contribution in [0.15, 0.2) is 12.1 Å². The third-order valence-electron chi connectivity index (χ3n) is 2.16. The minimum atomic E-state index is -0.930. The van der Waals surface area contributed by atoms with Crippen molar-refractivity contribution in [2.45, 2.75) is 6.92 Å². The summed E-state index contributed by atoms with van der Waals surface area (Å²) in [6.45, 7) is 1.75. The Morgan fingerprint density at radius 2 is 1.89 bits per heavy atom. The lowest BCUT2D eigenvalue weighted by Crippen LogP contribution is -2.17. The van der Waals surface area contributed by atoms with Crippen molar-refractivity contribution in [2.75, 3.05) is 20.8 Å². The second-order valence-electron chi connectivity index (χ2n) is 3.24. The van der Waals surface area contributed by atoms with E-state index in [0.717, 1.165) is 0 Å². The van der Waals surface area contributed by atoms with E-state index in [9.17, 15) is 9.59 Å². The molecule has 98 valence electrons. The molecule has 0 aliphatic rings. The van der Waals surface area contributed by atoms with Gasteiger partial charge in [-0.15, -0.1) is 0 Å². The van der Waals surface area contributed by atoms with Crippen molar-refractivity contribution in [3.8, 4) is 11.5 Å². The molecule has 0 aliphatic heterocycles. The minimum Gasteiger partial charge on any atom is -0.493 e. The van der Waals surface area contributed by atoms with E-state index in [1.807, 2.05) is 0 Å². The van der Waals surface area contributed by atoms with Gasteiger partial charge in [0.2, 0.25) is 0 Å². The number of benzene rings is 1. The van der Waals surface area contributed by atoms with Crippen LogP contribution in [0.2, 0.25) is 5.02 Å². The first-order valence-corrected chi connectivity index (χ1v) is 5.55. The number of hydrogen-bond donors (Lipinski definition) is 0. The SMILES string of the molecule is CCOC(=O)C(=O)c1cc(Cl)c(OC)c(OC)c1. The Labute approximate surface area is 110 Å². The average molecular weight is 273 g/mol. The van der Waals surface area contributed by atoms with E-state index in [2.05, 4.69) is 4.74 Å². The van der Waals surface area contributed by atoms with E-state index < -0.39 is 11.8 Å². The number of carbonyl (C=O) groups is 2. The van der Waals surface area contributed by atoms with Gasteiger partial charge in [-0.05, 0) is 19.1 Å². The summed E-state index contributed by atoms with van der Waals surface area (Å²) in [4.78, 5) is 23.0. The first kappa shape index (κ1) is 14.3. The molecule has 1 aromatic rings. The summed E-state index contributed by atoms with van der Waals surface area (Å²) in [5.74, 6) is -1.13. The molecule has 1 rings (SSSR count). The molecule has 0 radical (unpaired) electrons. The summed E-state index contributed by atoms with van der Waals surface area (Å²) in [5.41, 5.74) is 0.0936. The maximum Gasteiger partial charge on any atom is 0.379 e. The monoisotopic (exact) mass is 272 g/mol. The summed E-state index contributed by atoms with van der Waals surface area (Å²) in [6.07, 6.45) is 0. The predicted molar refractivity (Wildman–Crippen MR) is 65.5 cm³/mol. The molecule has 18 heavy (non-hydrogen) atoms. The van der Waals surface area contributed by atoms with E-state index in [4.69, 9.17) is 21.1 Å². The quantitative estimate of drug-likeness (QED) is 0.467. The van der Waals surface area contributed by atoms with Crippen LogP contribution in [0.3, 0.4) is 0 Å². The second-order valence-corrected chi connectivity index (χ2v) is 3.65. The average Bonchev–Trinajstić information content (AvgIpc) is 2.36. The Hall–Kier alpha value is -1.75. The number of rotatable bonds is 5. The Balaban J connectivity index is 3.15. The van der Waals surface area contributed by atoms with Crippen molar-refractivity contribution in [1.82, 2.24) is 0 Å². The molecule has 0 heterocycles. The van der Waals surface area contributed by atoms with Crippen LogP contribution in [0.5, 0.6) is 11.5 Å². The van der Waals surface area contributed by atoms with Gasteiger partial charge in [-0.25, -0.2) is 4.79 Å². The van der Waals surface area contributed by atoms with E-state index in [1.165, 1.54) is 26.4 Å². The molecule has 6 heteroatoms. The lowest BCUT2D eigenvalue weighted by molar-refractivity contribution is -0.137. The van der Waals surface area contributed by atoms with E-state index in [0.29, 0.717) is 5.75 Å².